The van der Waals surface area contributed by atoms with Gasteiger partial charge in [-0.25, -0.2) is 14.8 Å². The number of hydrogen-bond acceptors (Lipinski definition) is 5. The monoisotopic (exact) mass is 459 g/mol. The predicted octanol–water partition coefficient (Wildman–Crippen LogP) is 4.86. The Kier molecular flexibility index (Phi) is 5.13. The van der Waals surface area contributed by atoms with Gasteiger partial charge in [0.05, 0.1) is 11.4 Å². The van der Waals surface area contributed by atoms with E-state index in [4.69, 9.17) is 9.72 Å². The van der Waals surface area contributed by atoms with Crippen LogP contribution in [0.4, 0.5) is 4.79 Å². The lowest BCUT2D eigenvalue weighted by atomic mass is 10.0. The quantitative estimate of drug-likeness (QED) is 0.558. The first-order chi connectivity index (χ1) is 16.4. The maximum Gasteiger partial charge on any atom is 0.410 e. The van der Waals surface area contributed by atoms with Gasteiger partial charge in [0.2, 0.25) is 5.78 Å². The van der Waals surface area contributed by atoms with E-state index in [1.54, 1.807) is 6.20 Å². The Balaban J connectivity index is 1.26. The molecule has 6 rings (SSSR count). The summed E-state index contributed by atoms with van der Waals surface area (Å²) in [5, 5.41) is 0. The van der Waals surface area contributed by atoms with Gasteiger partial charge in [0.1, 0.15) is 5.60 Å². The van der Waals surface area contributed by atoms with Crippen molar-refractivity contribution < 1.29 is 9.53 Å². The van der Waals surface area contributed by atoms with Crippen LogP contribution in [0, 0.1) is 0 Å². The fourth-order valence-corrected chi connectivity index (χ4v) is 5.59. The Morgan fingerprint density at radius 2 is 1.76 bits per heavy atom. The zero-order valence-corrected chi connectivity index (χ0v) is 20.3. The van der Waals surface area contributed by atoms with Gasteiger partial charge in [0.15, 0.2) is 0 Å². The van der Waals surface area contributed by atoms with Gasteiger partial charge in [-0.15, -0.1) is 0 Å². The SMILES string of the molecule is CC(C)(C)OC(=O)N1C2CCC1CN(Cc1c(-c3ccc(C4CC4)cc3)nc3ncccn13)C2. The third-order valence-corrected chi connectivity index (χ3v) is 7.27. The number of carbonyl (C=O) groups is 1. The van der Waals surface area contributed by atoms with Gasteiger partial charge in [0.25, 0.3) is 0 Å². The van der Waals surface area contributed by atoms with Crippen LogP contribution >= 0.6 is 0 Å². The van der Waals surface area contributed by atoms with Crippen molar-refractivity contribution in [2.45, 2.75) is 76.6 Å². The zero-order valence-electron chi connectivity index (χ0n) is 20.3. The number of piperazine rings is 1. The van der Waals surface area contributed by atoms with Crippen LogP contribution in [-0.4, -0.2) is 61.0 Å². The van der Waals surface area contributed by atoms with E-state index in [1.807, 2.05) is 31.7 Å². The first-order valence-electron chi connectivity index (χ1n) is 12.5. The number of benzene rings is 1. The van der Waals surface area contributed by atoms with E-state index >= 15 is 0 Å². The Bertz CT molecular complexity index is 1190. The molecule has 1 amide bonds. The molecule has 0 spiro atoms. The van der Waals surface area contributed by atoms with Crippen molar-refractivity contribution in [3.8, 4) is 11.3 Å². The molecule has 2 saturated heterocycles. The largest absolute Gasteiger partial charge is 0.444 e. The van der Waals surface area contributed by atoms with E-state index in [-0.39, 0.29) is 18.2 Å². The summed E-state index contributed by atoms with van der Waals surface area (Å²) < 4.78 is 7.83. The number of ether oxygens (including phenoxy) is 1. The van der Waals surface area contributed by atoms with Gasteiger partial charge >= 0.3 is 6.09 Å². The van der Waals surface area contributed by atoms with Crippen LogP contribution in [0.2, 0.25) is 0 Å². The van der Waals surface area contributed by atoms with Crippen LogP contribution in [0.3, 0.4) is 0 Å². The molecule has 1 aliphatic carbocycles. The molecule has 3 aliphatic rings. The average molecular weight is 460 g/mol. The third-order valence-electron chi connectivity index (χ3n) is 7.27. The first kappa shape index (κ1) is 21.6. The molecule has 0 radical (unpaired) electrons. The molecule has 178 valence electrons. The van der Waals surface area contributed by atoms with E-state index in [9.17, 15) is 4.79 Å². The third kappa shape index (κ3) is 4.06. The number of carbonyl (C=O) groups excluding carboxylic acids is 1. The molecule has 0 N–H and O–H groups in total. The van der Waals surface area contributed by atoms with Crippen molar-refractivity contribution in [3.63, 3.8) is 0 Å². The number of fused-ring (bicyclic) bond motifs is 3. The smallest absolute Gasteiger partial charge is 0.410 e. The van der Waals surface area contributed by atoms with E-state index in [2.05, 4.69) is 44.7 Å². The summed E-state index contributed by atoms with van der Waals surface area (Å²) in [6.45, 7) is 8.27. The number of rotatable bonds is 4. The van der Waals surface area contributed by atoms with Crippen LogP contribution in [0.15, 0.2) is 42.7 Å². The number of imidazole rings is 1. The van der Waals surface area contributed by atoms with Gasteiger partial charge in [-0.1, -0.05) is 24.3 Å². The number of aromatic nitrogens is 3. The minimum atomic E-state index is -0.471. The Morgan fingerprint density at radius 1 is 1.06 bits per heavy atom. The van der Waals surface area contributed by atoms with Crippen LogP contribution < -0.4 is 0 Å². The van der Waals surface area contributed by atoms with E-state index in [0.29, 0.717) is 0 Å². The molecular formula is C27H33N5O2. The summed E-state index contributed by atoms with van der Waals surface area (Å²) in [5.41, 5.74) is 4.26. The van der Waals surface area contributed by atoms with E-state index in [1.165, 1.54) is 18.4 Å². The first-order valence-corrected chi connectivity index (χ1v) is 12.5. The Labute approximate surface area is 200 Å². The molecule has 1 saturated carbocycles. The maximum atomic E-state index is 12.9. The van der Waals surface area contributed by atoms with Crippen LogP contribution in [0.5, 0.6) is 0 Å². The Hall–Kier alpha value is -2.93. The van der Waals surface area contributed by atoms with Gasteiger partial charge < -0.3 is 4.74 Å². The van der Waals surface area contributed by atoms with E-state index in [0.717, 1.165) is 61.1 Å². The van der Waals surface area contributed by atoms with Crippen LogP contribution in [0.1, 0.15) is 63.6 Å². The van der Waals surface area contributed by atoms with Gasteiger partial charge in [0, 0.05) is 49.7 Å². The second-order valence-corrected chi connectivity index (χ2v) is 11.1. The zero-order chi connectivity index (χ0) is 23.4. The molecule has 2 bridgehead atoms. The number of amides is 1. The van der Waals surface area contributed by atoms with Crippen molar-refractivity contribution in [1.82, 2.24) is 24.2 Å². The lowest BCUT2D eigenvalue weighted by Crippen LogP contribution is -2.56. The number of likely N-dealkylation sites (tertiary alicyclic amines) is 1. The minimum absolute atomic E-state index is 0.171. The van der Waals surface area contributed by atoms with Crippen molar-refractivity contribution in [3.05, 3.63) is 54.0 Å². The van der Waals surface area contributed by atoms with Crippen molar-refractivity contribution >= 4 is 11.9 Å². The molecule has 2 unspecified atom stereocenters. The fourth-order valence-electron chi connectivity index (χ4n) is 5.59. The summed E-state index contributed by atoms with van der Waals surface area (Å²) in [6, 6.07) is 11.3. The highest BCUT2D eigenvalue weighted by molar-refractivity contribution is 5.70. The molecule has 2 atom stereocenters. The highest BCUT2D eigenvalue weighted by Crippen LogP contribution is 2.40. The molecule has 3 aromatic rings. The molecule has 3 fully saturated rings. The van der Waals surface area contributed by atoms with E-state index < -0.39 is 5.60 Å². The second kappa shape index (κ2) is 8.08. The predicted molar refractivity (Wildman–Crippen MR) is 131 cm³/mol. The van der Waals surface area contributed by atoms with Crippen molar-refractivity contribution in [2.24, 2.45) is 0 Å². The standard InChI is InChI=1S/C27H33N5O2/c1-27(2,3)34-26(33)32-21-11-12-22(32)16-30(15-21)17-23-24(29-25-28-13-4-14-31(23)25)20-9-7-19(8-10-20)18-5-6-18/h4,7-10,13-14,18,21-22H,5-6,11-12,15-17H2,1-3H3. The average Bonchev–Trinajstić information content (AvgIpc) is 3.53. The van der Waals surface area contributed by atoms with Gasteiger partial charge in [-0.2, -0.15) is 0 Å². The molecule has 2 aliphatic heterocycles. The minimum Gasteiger partial charge on any atom is -0.444 e. The normalized spacial score (nSPS) is 23.0. The number of nitrogens with zero attached hydrogens (tertiary/aromatic N) is 5. The summed E-state index contributed by atoms with van der Waals surface area (Å²) in [4.78, 5) is 26.8. The summed E-state index contributed by atoms with van der Waals surface area (Å²) in [7, 11) is 0. The number of hydrogen-bond donors (Lipinski definition) is 0. The highest BCUT2D eigenvalue weighted by atomic mass is 16.6. The maximum absolute atomic E-state index is 12.9. The Morgan fingerprint density at radius 3 is 2.41 bits per heavy atom. The molecule has 2 aromatic heterocycles. The fraction of sp³-hybridized carbons (Fsp3) is 0.519. The molecule has 7 nitrogen and oxygen atoms in total. The molecular weight excluding hydrogens is 426 g/mol. The topological polar surface area (TPSA) is 63.0 Å². The summed E-state index contributed by atoms with van der Waals surface area (Å²) >= 11 is 0. The second-order valence-electron chi connectivity index (χ2n) is 11.1. The van der Waals surface area contributed by atoms with Crippen LogP contribution in [0.25, 0.3) is 17.0 Å². The van der Waals surface area contributed by atoms with Gasteiger partial charge in [-0.3, -0.25) is 14.2 Å². The van der Waals surface area contributed by atoms with Crippen LogP contribution in [-0.2, 0) is 11.3 Å². The highest BCUT2D eigenvalue weighted by Gasteiger charge is 2.44. The molecule has 7 heteroatoms. The molecule has 4 heterocycles. The summed E-state index contributed by atoms with van der Waals surface area (Å²) in [5.74, 6) is 1.47. The van der Waals surface area contributed by atoms with Crippen molar-refractivity contribution in [1.29, 1.82) is 0 Å². The molecule has 34 heavy (non-hydrogen) atoms. The molecule has 1 aromatic carbocycles. The summed E-state index contributed by atoms with van der Waals surface area (Å²) in [6.07, 6.45) is 8.36. The van der Waals surface area contributed by atoms with Crippen molar-refractivity contribution in [2.75, 3.05) is 13.1 Å². The van der Waals surface area contributed by atoms with Gasteiger partial charge in [-0.05, 0) is 64.0 Å². The lowest BCUT2D eigenvalue weighted by molar-refractivity contribution is -0.00557. The lowest BCUT2D eigenvalue weighted by Gasteiger charge is -2.41.